The fraction of sp³-hybridized carbons (Fsp3) is 0.444. The Bertz CT molecular complexity index is 664. The molecule has 2 atom stereocenters. The van der Waals surface area contributed by atoms with Crippen molar-refractivity contribution in [3.05, 3.63) is 42.2 Å². The molecule has 1 N–H and O–H groups in total. The Kier molecular flexibility index (Phi) is 3.23. The number of carbonyl (C=O) groups is 1. The van der Waals surface area contributed by atoms with Crippen molar-refractivity contribution in [2.45, 2.75) is 44.2 Å². The van der Waals surface area contributed by atoms with Crippen molar-refractivity contribution in [1.29, 1.82) is 0 Å². The second-order valence-corrected chi connectivity index (χ2v) is 6.51. The standard InChI is InChI=1S/C18H20N2O/c21-18(9-12-7-14-5-6-15(8-12)20-14)17-11-19-10-13-3-1-2-4-16(13)17/h1-4,10-12,14-15,20H,5-9H2. The summed E-state index contributed by atoms with van der Waals surface area (Å²) in [5.41, 5.74) is 0.791. The summed E-state index contributed by atoms with van der Waals surface area (Å²) in [7, 11) is 0. The average molecular weight is 280 g/mol. The maximum Gasteiger partial charge on any atom is 0.165 e. The molecule has 2 aliphatic heterocycles. The van der Waals surface area contributed by atoms with Crippen molar-refractivity contribution in [2.24, 2.45) is 5.92 Å². The molecule has 1 aromatic carbocycles. The number of nitrogens with zero attached hydrogens (tertiary/aromatic N) is 1. The summed E-state index contributed by atoms with van der Waals surface area (Å²) >= 11 is 0. The van der Waals surface area contributed by atoms with E-state index in [1.54, 1.807) is 6.20 Å². The molecule has 2 unspecified atom stereocenters. The Hall–Kier alpha value is -1.74. The fourth-order valence-corrected chi connectivity index (χ4v) is 4.05. The van der Waals surface area contributed by atoms with E-state index in [9.17, 15) is 4.79 Å². The number of fused-ring (bicyclic) bond motifs is 3. The van der Waals surface area contributed by atoms with Gasteiger partial charge in [0.15, 0.2) is 5.78 Å². The lowest BCUT2D eigenvalue weighted by Crippen LogP contribution is -2.38. The minimum atomic E-state index is 0.255. The maximum absolute atomic E-state index is 12.7. The molecule has 1 aromatic heterocycles. The first-order valence-electron chi connectivity index (χ1n) is 7.91. The van der Waals surface area contributed by atoms with Crippen LogP contribution in [0.5, 0.6) is 0 Å². The van der Waals surface area contributed by atoms with Crippen LogP contribution in [0.3, 0.4) is 0 Å². The van der Waals surface area contributed by atoms with Gasteiger partial charge >= 0.3 is 0 Å². The van der Waals surface area contributed by atoms with Gasteiger partial charge < -0.3 is 5.32 Å². The molecule has 2 fully saturated rings. The van der Waals surface area contributed by atoms with Gasteiger partial charge in [0, 0.05) is 41.8 Å². The number of benzene rings is 1. The van der Waals surface area contributed by atoms with Gasteiger partial charge in [0.25, 0.3) is 0 Å². The number of hydrogen-bond donors (Lipinski definition) is 1. The molecule has 3 nitrogen and oxygen atoms in total. The first-order valence-corrected chi connectivity index (χ1v) is 7.91. The van der Waals surface area contributed by atoms with E-state index < -0.39 is 0 Å². The SMILES string of the molecule is O=C(CC1CC2CCC(C1)N2)c1cncc2ccccc12. The van der Waals surface area contributed by atoms with Gasteiger partial charge in [-0.15, -0.1) is 0 Å². The van der Waals surface area contributed by atoms with Gasteiger partial charge in [0.1, 0.15) is 0 Å². The van der Waals surface area contributed by atoms with Gasteiger partial charge in [-0.25, -0.2) is 0 Å². The minimum absolute atomic E-state index is 0.255. The van der Waals surface area contributed by atoms with Crippen molar-refractivity contribution in [3.63, 3.8) is 0 Å². The lowest BCUT2D eigenvalue weighted by molar-refractivity contribution is 0.0947. The predicted molar refractivity (Wildman–Crippen MR) is 83.4 cm³/mol. The molecule has 3 heterocycles. The molecule has 0 amide bonds. The zero-order valence-corrected chi connectivity index (χ0v) is 12.1. The second kappa shape index (κ2) is 5.23. The minimum Gasteiger partial charge on any atom is -0.311 e. The first-order chi connectivity index (χ1) is 10.3. The molecule has 2 saturated heterocycles. The Morgan fingerprint density at radius 3 is 2.71 bits per heavy atom. The van der Waals surface area contributed by atoms with Crippen molar-refractivity contribution in [3.8, 4) is 0 Å². The highest BCUT2D eigenvalue weighted by Crippen LogP contribution is 2.33. The van der Waals surface area contributed by atoms with Gasteiger partial charge in [-0.1, -0.05) is 24.3 Å². The second-order valence-electron chi connectivity index (χ2n) is 6.51. The normalized spacial score (nSPS) is 27.9. The van der Waals surface area contributed by atoms with Crippen LogP contribution in [0.4, 0.5) is 0 Å². The lowest BCUT2D eigenvalue weighted by Gasteiger charge is -2.28. The van der Waals surface area contributed by atoms with Crippen LogP contribution in [0.1, 0.15) is 42.5 Å². The van der Waals surface area contributed by atoms with E-state index in [-0.39, 0.29) is 5.78 Å². The third-order valence-electron chi connectivity index (χ3n) is 5.01. The van der Waals surface area contributed by atoms with Crippen molar-refractivity contribution in [2.75, 3.05) is 0 Å². The van der Waals surface area contributed by atoms with Crippen LogP contribution in [-0.2, 0) is 0 Å². The van der Waals surface area contributed by atoms with Gasteiger partial charge in [-0.2, -0.15) is 0 Å². The van der Waals surface area contributed by atoms with Gasteiger partial charge in [0.2, 0.25) is 0 Å². The Balaban J connectivity index is 1.56. The Labute approximate surface area is 124 Å². The van der Waals surface area contributed by atoms with E-state index in [1.165, 1.54) is 12.8 Å². The van der Waals surface area contributed by atoms with Crippen LogP contribution in [0.2, 0.25) is 0 Å². The third kappa shape index (κ3) is 2.46. The van der Waals surface area contributed by atoms with E-state index in [4.69, 9.17) is 0 Å². The number of pyridine rings is 1. The molecular formula is C18H20N2O. The number of rotatable bonds is 3. The van der Waals surface area contributed by atoms with Gasteiger partial charge in [-0.05, 0) is 37.0 Å². The maximum atomic E-state index is 12.7. The van der Waals surface area contributed by atoms with E-state index >= 15 is 0 Å². The number of piperidine rings is 1. The van der Waals surface area contributed by atoms with Crippen LogP contribution < -0.4 is 5.32 Å². The highest BCUT2D eigenvalue weighted by Gasteiger charge is 2.34. The van der Waals surface area contributed by atoms with E-state index in [0.29, 0.717) is 24.4 Å². The molecule has 3 heteroatoms. The number of carbonyl (C=O) groups excluding carboxylic acids is 1. The molecule has 108 valence electrons. The quantitative estimate of drug-likeness (QED) is 0.877. The predicted octanol–water partition coefficient (Wildman–Crippen LogP) is 3.34. The largest absolute Gasteiger partial charge is 0.311 e. The highest BCUT2D eigenvalue weighted by atomic mass is 16.1. The van der Waals surface area contributed by atoms with Crippen LogP contribution in [0.15, 0.2) is 36.7 Å². The van der Waals surface area contributed by atoms with Gasteiger partial charge in [0.05, 0.1) is 0 Å². The van der Waals surface area contributed by atoms with Gasteiger partial charge in [-0.3, -0.25) is 9.78 Å². The van der Waals surface area contributed by atoms with Crippen LogP contribution in [-0.4, -0.2) is 22.9 Å². The fourth-order valence-electron chi connectivity index (χ4n) is 4.05. The molecule has 0 aliphatic carbocycles. The summed E-state index contributed by atoms with van der Waals surface area (Å²) in [4.78, 5) is 16.9. The first kappa shape index (κ1) is 13.0. The number of ketones is 1. The summed E-state index contributed by atoms with van der Waals surface area (Å²) in [6.45, 7) is 0. The monoisotopic (exact) mass is 280 g/mol. The van der Waals surface area contributed by atoms with E-state index in [1.807, 2.05) is 30.5 Å². The smallest absolute Gasteiger partial charge is 0.165 e. The van der Waals surface area contributed by atoms with Crippen LogP contribution in [0.25, 0.3) is 10.8 Å². The molecule has 0 saturated carbocycles. The average Bonchev–Trinajstić information content (AvgIpc) is 2.85. The molecule has 4 rings (SSSR count). The summed E-state index contributed by atoms with van der Waals surface area (Å²) in [5, 5.41) is 5.73. The molecule has 2 aliphatic rings. The zero-order valence-electron chi connectivity index (χ0n) is 12.1. The molecule has 0 spiro atoms. The number of Topliss-reactive ketones (excluding diaryl/α,β-unsaturated/α-hetero) is 1. The molecule has 0 radical (unpaired) electrons. The Morgan fingerprint density at radius 2 is 1.90 bits per heavy atom. The summed E-state index contributed by atoms with van der Waals surface area (Å²) < 4.78 is 0. The number of aromatic nitrogens is 1. The third-order valence-corrected chi connectivity index (χ3v) is 5.01. The topological polar surface area (TPSA) is 42.0 Å². The molecule has 2 aromatic rings. The summed E-state index contributed by atoms with van der Waals surface area (Å²) in [6.07, 6.45) is 9.11. The van der Waals surface area contributed by atoms with E-state index in [0.717, 1.165) is 29.2 Å². The highest BCUT2D eigenvalue weighted by molar-refractivity contribution is 6.07. The molecule has 2 bridgehead atoms. The van der Waals surface area contributed by atoms with Crippen molar-refractivity contribution >= 4 is 16.6 Å². The van der Waals surface area contributed by atoms with Crippen molar-refractivity contribution < 1.29 is 4.79 Å². The summed E-state index contributed by atoms with van der Waals surface area (Å²) in [5.74, 6) is 0.792. The Morgan fingerprint density at radius 1 is 1.14 bits per heavy atom. The van der Waals surface area contributed by atoms with Crippen LogP contribution in [0, 0.1) is 5.92 Å². The van der Waals surface area contributed by atoms with E-state index in [2.05, 4.69) is 10.3 Å². The zero-order chi connectivity index (χ0) is 14.2. The van der Waals surface area contributed by atoms with Crippen LogP contribution >= 0.6 is 0 Å². The number of hydrogen-bond acceptors (Lipinski definition) is 3. The van der Waals surface area contributed by atoms with Crippen molar-refractivity contribution in [1.82, 2.24) is 10.3 Å². The molecule has 21 heavy (non-hydrogen) atoms. The summed E-state index contributed by atoms with van der Waals surface area (Å²) in [6, 6.07) is 9.31. The lowest BCUT2D eigenvalue weighted by atomic mass is 9.86. The molecular weight excluding hydrogens is 260 g/mol. The number of nitrogens with one attached hydrogen (secondary N) is 1.